The number of carbonyl (C=O) groups excluding carboxylic acids is 3. The van der Waals surface area contributed by atoms with Crippen LogP contribution >= 0.6 is 0 Å². The molecule has 0 radical (unpaired) electrons. The SMILES string of the molecule is O=C1OC[C@H]2O[C@@H](Oc3cc(O)c(C(=O)CCc4ccc(O)cc4)c(O)c3)[C@H](O)[C@@H](O)[C@@H]2OC(=O)c2cc(O)c(O)c(O)c2-c2c1cc(O)c(O)c2O. The summed E-state index contributed by atoms with van der Waals surface area (Å²) in [5, 5.41) is 115. The average Bonchev–Trinajstić information content (AvgIpc) is 3.12. The van der Waals surface area contributed by atoms with Gasteiger partial charge in [-0.15, -0.1) is 0 Å². The molecule has 6 rings (SSSR count). The molecule has 5 atom stereocenters. The number of phenolic OH excluding ortho intramolecular Hbond substituents is 9. The number of aryl methyl sites for hydroxylation is 1. The van der Waals surface area contributed by atoms with Crippen molar-refractivity contribution in [2.45, 2.75) is 43.5 Å². The fraction of sp³-hybridized carbons (Fsp3) is 0.229. The Morgan fingerprint density at radius 3 is 1.81 bits per heavy atom. The number of fused-ring (bicyclic) bond motifs is 4. The quantitative estimate of drug-likeness (QED) is 0.0762. The number of carbonyl (C=O) groups is 3. The molecule has 0 saturated carbocycles. The predicted molar refractivity (Wildman–Crippen MR) is 173 cm³/mol. The molecule has 0 amide bonds. The number of rotatable bonds is 6. The Morgan fingerprint density at radius 1 is 0.698 bits per heavy atom. The maximum absolute atomic E-state index is 13.6. The number of aromatic hydroxyl groups is 9. The number of hydrogen-bond donors (Lipinski definition) is 11. The second-order valence-electron chi connectivity index (χ2n) is 12.1. The second kappa shape index (κ2) is 13.8. The van der Waals surface area contributed by atoms with Crippen LogP contribution in [-0.4, -0.2) is 111 Å². The molecule has 0 spiro atoms. The molecule has 278 valence electrons. The largest absolute Gasteiger partial charge is 0.508 e. The predicted octanol–water partition coefficient (Wildman–Crippen LogP) is 1.74. The summed E-state index contributed by atoms with van der Waals surface area (Å²) in [6.07, 6.45) is -9.58. The Balaban J connectivity index is 1.29. The van der Waals surface area contributed by atoms with Crippen LogP contribution in [-0.2, 0) is 20.6 Å². The van der Waals surface area contributed by atoms with Crippen LogP contribution in [0.1, 0.15) is 43.1 Å². The van der Waals surface area contributed by atoms with Crippen LogP contribution in [0, 0.1) is 0 Å². The highest BCUT2D eigenvalue weighted by Crippen LogP contribution is 2.53. The third-order valence-electron chi connectivity index (χ3n) is 8.64. The van der Waals surface area contributed by atoms with Crippen LogP contribution < -0.4 is 4.74 Å². The second-order valence-corrected chi connectivity index (χ2v) is 12.1. The molecule has 2 aliphatic heterocycles. The molecule has 2 aliphatic rings. The fourth-order valence-electron chi connectivity index (χ4n) is 5.94. The lowest BCUT2D eigenvalue weighted by Gasteiger charge is -2.41. The van der Waals surface area contributed by atoms with E-state index in [9.17, 15) is 70.6 Å². The fourth-order valence-corrected chi connectivity index (χ4v) is 5.94. The Bertz CT molecular complexity index is 2100. The topological polar surface area (TPSA) is 311 Å². The third kappa shape index (κ3) is 6.64. The number of esters is 2. The lowest BCUT2D eigenvalue weighted by Crippen LogP contribution is -2.61. The standard InChI is InChI=1S/C35H30O18/c36-13-4-1-12(2-5-13)3-6-17(37)25-18(38)7-14(8-19(25)39)51-35-31(47)30(46)32-22(52-35)11-50-33(48)15-9-20(40)26(42)28(44)23(15)24-16(34(49)53-32)10-21(41)27(43)29(24)45/h1-2,4-5,7-10,22,30-32,35-36,38-47H,3,6,11H2/t22-,30-,31-,32-,35-/m1/s1. The zero-order valence-corrected chi connectivity index (χ0v) is 26.9. The lowest BCUT2D eigenvalue weighted by atomic mass is 9.92. The molecule has 4 aromatic rings. The molecule has 4 aromatic carbocycles. The monoisotopic (exact) mass is 738 g/mol. The van der Waals surface area contributed by atoms with Gasteiger partial charge in [-0.3, -0.25) is 4.79 Å². The molecular weight excluding hydrogens is 708 g/mol. The van der Waals surface area contributed by atoms with Crippen molar-refractivity contribution in [2.24, 2.45) is 0 Å². The summed E-state index contributed by atoms with van der Waals surface area (Å²) in [5.74, 6) is -12.4. The zero-order chi connectivity index (χ0) is 38.5. The first-order valence-corrected chi connectivity index (χ1v) is 15.6. The number of ether oxygens (including phenoxy) is 4. The van der Waals surface area contributed by atoms with Gasteiger partial charge in [0.2, 0.25) is 17.8 Å². The van der Waals surface area contributed by atoms with Gasteiger partial charge in [0, 0.05) is 29.7 Å². The molecule has 0 aromatic heterocycles. The van der Waals surface area contributed by atoms with Gasteiger partial charge in [0.05, 0.1) is 11.1 Å². The Hall–Kier alpha value is -6.63. The van der Waals surface area contributed by atoms with Gasteiger partial charge in [0.15, 0.2) is 34.9 Å². The molecule has 2 heterocycles. The van der Waals surface area contributed by atoms with Crippen LogP contribution in [0.3, 0.4) is 0 Å². The van der Waals surface area contributed by atoms with E-state index in [0.29, 0.717) is 17.7 Å². The van der Waals surface area contributed by atoms with E-state index >= 15 is 0 Å². The Labute approximate surface area is 296 Å². The normalized spacial score (nSPS) is 21.2. The van der Waals surface area contributed by atoms with Crippen molar-refractivity contribution in [3.05, 3.63) is 70.8 Å². The van der Waals surface area contributed by atoms with Crippen molar-refractivity contribution in [1.82, 2.24) is 0 Å². The lowest BCUT2D eigenvalue weighted by molar-refractivity contribution is -0.276. The van der Waals surface area contributed by atoms with Crippen LogP contribution in [0.25, 0.3) is 11.1 Å². The number of cyclic esters (lactones) is 1. The molecule has 53 heavy (non-hydrogen) atoms. The summed E-state index contributed by atoms with van der Waals surface area (Å²) in [6.45, 7) is -0.897. The molecule has 11 N–H and O–H groups in total. The van der Waals surface area contributed by atoms with Gasteiger partial charge in [0.25, 0.3) is 0 Å². The van der Waals surface area contributed by atoms with Crippen molar-refractivity contribution in [3.8, 4) is 68.6 Å². The first-order valence-electron chi connectivity index (χ1n) is 15.6. The first kappa shape index (κ1) is 36.2. The number of phenols is 9. The number of benzene rings is 4. The maximum atomic E-state index is 13.6. The maximum Gasteiger partial charge on any atom is 0.339 e. The van der Waals surface area contributed by atoms with Crippen molar-refractivity contribution < 1.29 is 89.5 Å². The molecule has 0 unspecified atom stereocenters. The zero-order valence-electron chi connectivity index (χ0n) is 26.9. The minimum atomic E-state index is -2.10. The van der Waals surface area contributed by atoms with Crippen LogP contribution in [0.5, 0.6) is 57.5 Å². The van der Waals surface area contributed by atoms with Crippen molar-refractivity contribution in [1.29, 1.82) is 0 Å². The summed E-state index contributed by atoms with van der Waals surface area (Å²) in [7, 11) is 0. The number of Topliss-reactive ketones (excluding diaryl/α,β-unsaturated/α-hetero) is 1. The minimum absolute atomic E-state index is 0.0314. The van der Waals surface area contributed by atoms with Gasteiger partial charge in [0.1, 0.15) is 53.5 Å². The number of aliphatic hydroxyl groups is 2. The summed E-state index contributed by atoms with van der Waals surface area (Å²) in [4.78, 5) is 39.8. The highest BCUT2D eigenvalue weighted by molar-refractivity contribution is 6.08. The average molecular weight is 739 g/mol. The van der Waals surface area contributed by atoms with Crippen molar-refractivity contribution >= 4 is 17.7 Å². The summed E-state index contributed by atoms with van der Waals surface area (Å²) >= 11 is 0. The molecule has 18 heteroatoms. The van der Waals surface area contributed by atoms with Crippen LogP contribution in [0.4, 0.5) is 0 Å². The van der Waals surface area contributed by atoms with Gasteiger partial charge in [-0.05, 0) is 36.2 Å². The minimum Gasteiger partial charge on any atom is -0.508 e. The van der Waals surface area contributed by atoms with Crippen molar-refractivity contribution in [2.75, 3.05) is 6.61 Å². The third-order valence-corrected chi connectivity index (χ3v) is 8.64. The van der Waals surface area contributed by atoms with Gasteiger partial charge >= 0.3 is 11.9 Å². The van der Waals surface area contributed by atoms with Crippen LogP contribution in [0.2, 0.25) is 0 Å². The van der Waals surface area contributed by atoms with Gasteiger partial charge in [-0.25, -0.2) is 9.59 Å². The van der Waals surface area contributed by atoms with E-state index in [0.717, 1.165) is 12.1 Å². The number of hydrogen-bond acceptors (Lipinski definition) is 18. The van der Waals surface area contributed by atoms with E-state index in [2.05, 4.69) is 0 Å². The van der Waals surface area contributed by atoms with E-state index in [1.54, 1.807) is 12.1 Å². The Kier molecular flexibility index (Phi) is 9.44. The highest BCUT2D eigenvalue weighted by Gasteiger charge is 2.49. The van der Waals surface area contributed by atoms with Gasteiger partial charge in [-0.1, -0.05) is 12.1 Å². The van der Waals surface area contributed by atoms with E-state index < -0.39 is 129 Å². The molecule has 1 fully saturated rings. The van der Waals surface area contributed by atoms with E-state index in [4.69, 9.17) is 18.9 Å². The summed E-state index contributed by atoms with van der Waals surface area (Å²) in [6, 6.07) is 9.05. The van der Waals surface area contributed by atoms with Crippen LogP contribution in [0.15, 0.2) is 48.5 Å². The highest BCUT2D eigenvalue weighted by atomic mass is 16.7. The molecular formula is C35H30O18. The number of aliphatic hydroxyl groups excluding tert-OH is 2. The first-order chi connectivity index (χ1) is 25.1. The van der Waals surface area contributed by atoms with Crippen molar-refractivity contribution in [3.63, 3.8) is 0 Å². The molecule has 18 nitrogen and oxygen atoms in total. The number of ketones is 1. The van der Waals surface area contributed by atoms with E-state index in [1.807, 2.05) is 0 Å². The van der Waals surface area contributed by atoms with Gasteiger partial charge < -0.3 is 75.1 Å². The summed E-state index contributed by atoms with van der Waals surface area (Å²) in [5.41, 5.74) is -3.10. The van der Waals surface area contributed by atoms with E-state index in [1.165, 1.54) is 12.1 Å². The molecule has 1 saturated heterocycles. The molecule has 0 bridgehead atoms. The summed E-state index contributed by atoms with van der Waals surface area (Å²) < 4.78 is 21.9. The smallest absolute Gasteiger partial charge is 0.339 e. The molecule has 0 aliphatic carbocycles. The van der Waals surface area contributed by atoms with Gasteiger partial charge in [-0.2, -0.15) is 0 Å². The Morgan fingerprint density at radius 2 is 1.25 bits per heavy atom. The van der Waals surface area contributed by atoms with E-state index in [-0.39, 0.29) is 24.3 Å².